The number of anilines is 2. The summed E-state index contributed by atoms with van der Waals surface area (Å²) in [6, 6.07) is 36.3. The minimum atomic E-state index is -0.238. The van der Waals surface area contributed by atoms with Crippen molar-refractivity contribution in [2.75, 3.05) is 16.5 Å². The Morgan fingerprint density at radius 2 is 1.06 bits per heavy atom. The first-order valence-electron chi connectivity index (χ1n) is 18.4. The zero-order chi connectivity index (χ0) is 36.5. The quantitative estimate of drug-likeness (QED) is 0.182. The van der Waals surface area contributed by atoms with Crippen molar-refractivity contribution in [3.8, 4) is 5.82 Å². The van der Waals surface area contributed by atoms with Crippen LogP contribution in [0.3, 0.4) is 0 Å². The highest BCUT2D eigenvalue weighted by Crippen LogP contribution is 2.40. The molecule has 4 heteroatoms. The first-order valence-corrected chi connectivity index (χ1v) is 18.4. The van der Waals surface area contributed by atoms with Gasteiger partial charge in [0.2, 0.25) is 0 Å². The summed E-state index contributed by atoms with van der Waals surface area (Å²) in [5.41, 5.74) is 11.3. The van der Waals surface area contributed by atoms with Crippen molar-refractivity contribution < 1.29 is 0 Å². The van der Waals surface area contributed by atoms with Crippen molar-refractivity contribution >= 4 is 33.2 Å². The normalized spacial score (nSPS) is 14.3. The van der Waals surface area contributed by atoms with E-state index in [4.69, 9.17) is 4.98 Å². The van der Waals surface area contributed by atoms with Crippen LogP contribution in [0.1, 0.15) is 104 Å². The van der Waals surface area contributed by atoms with Crippen molar-refractivity contribution in [3.63, 3.8) is 0 Å². The van der Waals surface area contributed by atoms with Gasteiger partial charge in [-0.25, -0.2) is 4.98 Å². The molecule has 1 aliphatic rings. The van der Waals surface area contributed by atoms with Gasteiger partial charge in [0, 0.05) is 46.2 Å². The van der Waals surface area contributed by atoms with Crippen LogP contribution in [0.5, 0.6) is 0 Å². The van der Waals surface area contributed by atoms with Gasteiger partial charge in [-0.2, -0.15) is 0 Å². The monoisotopic (exact) mass is 674 g/mol. The summed E-state index contributed by atoms with van der Waals surface area (Å²) in [6.45, 7) is 26.1. The van der Waals surface area contributed by atoms with Crippen LogP contribution >= 0.6 is 0 Å². The van der Waals surface area contributed by atoms with Gasteiger partial charge in [0.1, 0.15) is 5.82 Å². The molecule has 0 aliphatic carbocycles. The fourth-order valence-corrected chi connectivity index (χ4v) is 7.25. The molecule has 0 radical (unpaired) electrons. The Kier molecular flexibility index (Phi) is 8.24. The van der Waals surface area contributed by atoms with Crippen molar-refractivity contribution in [2.45, 2.75) is 97.8 Å². The molecule has 0 amide bonds. The zero-order valence-electron chi connectivity index (χ0n) is 32.5. The van der Waals surface area contributed by atoms with E-state index in [1.807, 2.05) is 6.20 Å². The molecule has 3 heterocycles. The van der Waals surface area contributed by atoms with E-state index in [1.54, 1.807) is 0 Å². The first-order chi connectivity index (χ1) is 23.9. The van der Waals surface area contributed by atoms with E-state index in [9.17, 15) is 0 Å². The highest BCUT2D eigenvalue weighted by Gasteiger charge is 2.28. The van der Waals surface area contributed by atoms with Gasteiger partial charge in [-0.05, 0) is 92.6 Å². The van der Waals surface area contributed by atoms with Crippen LogP contribution in [0.2, 0.25) is 0 Å². The third-order valence-corrected chi connectivity index (χ3v) is 10.8. The number of pyridine rings is 1. The molecular weight excluding hydrogens is 621 g/mol. The zero-order valence-corrected chi connectivity index (χ0v) is 32.5. The molecule has 0 N–H and O–H groups in total. The van der Waals surface area contributed by atoms with Gasteiger partial charge >= 0.3 is 0 Å². The number of para-hydroxylation sites is 1. The lowest BCUT2D eigenvalue weighted by molar-refractivity contribution is 0.568. The molecule has 6 aromatic rings. The van der Waals surface area contributed by atoms with Crippen molar-refractivity contribution in [3.05, 3.63) is 143 Å². The number of benzene rings is 4. The molecule has 0 saturated carbocycles. The smallest absolute Gasteiger partial charge is 0.137 e. The molecule has 0 atom stereocenters. The maximum atomic E-state index is 4.91. The first kappa shape index (κ1) is 34.6. The highest BCUT2D eigenvalue weighted by atomic mass is 15.3. The molecule has 0 bridgehead atoms. The number of hydrogen-bond acceptors (Lipinski definition) is 3. The molecule has 0 saturated heterocycles. The Morgan fingerprint density at radius 1 is 0.471 bits per heavy atom. The summed E-state index contributed by atoms with van der Waals surface area (Å²) >= 11 is 0. The number of nitrogens with zero attached hydrogens (tertiary/aromatic N) is 4. The van der Waals surface area contributed by atoms with E-state index < -0.39 is 0 Å². The predicted octanol–water partition coefficient (Wildman–Crippen LogP) is 12.2. The second-order valence-electron chi connectivity index (χ2n) is 18.1. The minimum Gasteiger partial charge on any atom is -0.328 e. The van der Waals surface area contributed by atoms with E-state index >= 15 is 0 Å². The molecular formula is C47H54N4. The van der Waals surface area contributed by atoms with Crippen LogP contribution < -0.4 is 9.80 Å². The third kappa shape index (κ3) is 6.46. The van der Waals surface area contributed by atoms with Crippen LogP contribution in [-0.2, 0) is 21.7 Å². The van der Waals surface area contributed by atoms with E-state index in [1.165, 1.54) is 61.0 Å². The van der Waals surface area contributed by atoms with E-state index in [2.05, 4.69) is 200 Å². The summed E-state index contributed by atoms with van der Waals surface area (Å²) < 4.78 is 2.35. The molecule has 0 fully saturated rings. The van der Waals surface area contributed by atoms with Crippen LogP contribution in [0.15, 0.2) is 116 Å². The van der Waals surface area contributed by atoms with Gasteiger partial charge < -0.3 is 9.80 Å². The van der Waals surface area contributed by atoms with Gasteiger partial charge in [0.05, 0.1) is 17.7 Å². The number of fused-ring (bicyclic) bond motifs is 3. The van der Waals surface area contributed by atoms with E-state index in [-0.39, 0.29) is 21.7 Å². The summed E-state index contributed by atoms with van der Waals surface area (Å²) in [4.78, 5) is 9.64. The standard InChI is InChI=1S/C47H54N4/c1-44(2,3)32-21-22-48-43(30-32)51-41-18-13-12-17-39(41)40-20-19-34(29-42(40)51)47(10,11)33-15-14-16-37(26-33)49-23-24-50(31-49)38-27-35(45(4,5)6)25-36(28-38)46(7,8)9/h12-30H,31H2,1-11H3. The highest BCUT2D eigenvalue weighted by molar-refractivity contribution is 6.09. The Morgan fingerprint density at radius 3 is 1.73 bits per heavy atom. The van der Waals surface area contributed by atoms with Crippen molar-refractivity contribution in [1.29, 1.82) is 0 Å². The number of aromatic nitrogens is 2. The fraction of sp³-hybridized carbons (Fsp3) is 0.340. The lowest BCUT2D eigenvalue weighted by atomic mass is 9.77. The topological polar surface area (TPSA) is 24.3 Å². The molecule has 4 aromatic carbocycles. The summed E-state index contributed by atoms with van der Waals surface area (Å²) in [5.74, 6) is 0.957. The maximum Gasteiger partial charge on any atom is 0.137 e. The average molecular weight is 675 g/mol. The molecule has 51 heavy (non-hydrogen) atoms. The van der Waals surface area contributed by atoms with Gasteiger partial charge in [-0.15, -0.1) is 0 Å². The SMILES string of the molecule is CC(C)(C)c1cc(N2C=CN(c3cccc(C(C)(C)c4ccc5c6ccccc6n(-c6cc(C(C)(C)C)ccn6)c5c4)c3)C2)cc(C(C)(C)C)c1. The molecule has 2 aromatic heterocycles. The van der Waals surface area contributed by atoms with Gasteiger partial charge in [0.15, 0.2) is 0 Å². The van der Waals surface area contributed by atoms with E-state index in [0.717, 1.165) is 12.5 Å². The van der Waals surface area contributed by atoms with Crippen LogP contribution in [0.4, 0.5) is 11.4 Å². The van der Waals surface area contributed by atoms with E-state index in [0.29, 0.717) is 0 Å². The molecule has 262 valence electrons. The summed E-state index contributed by atoms with van der Waals surface area (Å²) in [7, 11) is 0. The van der Waals surface area contributed by atoms with Gasteiger partial charge in [-0.3, -0.25) is 4.57 Å². The van der Waals surface area contributed by atoms with Crippen LogP contribution in [-0.4, -0.2) is 16.2 Å². The molecule has 0 unspecified atom stereocenters. The van der Waals surface area contributed by atoms with Crippen molar-refractivity contribution in [1.82, 2.24) is 9.55 Å². The Balaban J connectivity index is 1.24. The lowest BCUT2D eigenvalue weighted by Crippen LogP contribution is -2.26. The Bertz CT molecular complexity index is 2250. The molecule has 7 rings (SSSR count). The lowest BCUT2D eigenvalue weighted by Gasteiger charge is -2.30. The number of rotatable bonds is 5. The Hall–Kier alpha value is -4.83. The fourth-order valence-electron chi connectivity index (χ4n) is 7.25. The molecule has 4 nitrogen and oxygen atoms in total. The molecule has 1 aliphatic heterocycles. The second-order valence-corrected chi connectivity index (χ2v) is 18.1. The van der Waals surface area contributed by atoms with Gasteiger partial charge in [0.25, 0.3) is 0 Å². The van der Waals surface area contributed by atoms with Crippen LogP contribution in [0.25, 0.3) is 27.6 Å². The largest absolute Gasteiger partial charge is 0.328 e. The maximum absolute atomic E-state index is 4.91. The second kappa shape index (κ2) is 12.1. The predicted molar refractivity (Wildman–Crippen MR) is 219 cm³/mol. The van der Waals surface area contributed by atoms with Crippen LogP contribution in [0, 0.1) is 0 Å². The number of hydrogen-bond donors (Lipinski definition) is 0. The summed E-state index contributed by atoms with van der Waals surface area (Å²) in [6.07, 6.45) is 6.39. The minimum absolute atomic E-state index is 0.0298. The van der Waals surface area contributed by atoms with Crippen molar-refractivity contribution in [2.24, 2.45) is 0 Å². The van der Waals surface area contributed by atoms with Gasteiger partial charge in [-0.1, -0.05) is 125 Å². The average Bonchev–Trinajstić information content (AvgIpc) is 3.71. The summed E-state index contributed by atoms with van der Waals surface area (Å²) in [5, 5.41) is 2.49. The molecule has 0 spiro atoms. The Labute approximate surface area is 305 Å². The third-order valence-electron chi connectivity index (χ3n) is 10.8.